The van der Waals surface area contributed by atoms with E-state index in [1.807, 2.05) is 24.3 Å². The molecule has 3 N–H and O–H groups in total. The van der Waals surface area contributed by atoms with Gasteiger partial charge in [0.2, 0.25) is 5.91 Å². The Kier molecular flexibility index (Phi) is 5.45. The molecule has 0 saturated carbocycles. The lowest BCUT2D eigenvalue weighted by molar-refractivity contribution is -0.117. The molecule has 1 aromatic rings. The molecule has 0 unspecified atom stereocenters. The van der Waals surface area contributed by atoms with E-state index in [0.717, 1.165) is 11.3 Å². The van der Waals surface area contributed by atoms with Gasteiger partial charge in [-0.05, 0) is 17.7 Å². The minimum atomic E-state index is -0.329. The molecule has 0 aliphatic rings. The number of carbonyl (C=O) groups is 1. The molecule has 0 bridgehead atoms. The molecular weight excluding hydrogens is 220 g/mol. The molecule has 0 heterocycles. The van der Waals surface area contributed by atoms with Gasteiger partial charge in [-0.15, -0.1) is 0 Å². The van der Waals surface area contributed by atoms with Crippen LogP contribution in [0.1, 0.15) is 5.56 Å². The summed E-state index contributed by atoms with van der Waals surface area (Å²) in [7, 11) is 3.18. The van der Waals surface area contributed by atoms with E-state index >= 15 is 0 Å². The molecule has 0 aromatic heterocycles. The lowest BCUT2D eigenvalue weighted by Crippen LogP contribution is -2.23. The Labute approximate surface area is 101 Å². The number of benzene rings is 1. The highest BCUT2D eigenvalue weighted by atomic mass is 16.7. The molecule has 0 saturated heterocycles. The van der Waals surface area contributed by atoms with Crippen molar-refractivity contribution in [2.24, 2.45) is 5.73 Å². The lowest BCUT2D eigenvalue weighted by atomic mass is 10.1. The van der Waals surface area contributed by atoms with Crippen molar-refractivity contribution in [2.75, 3.05) is 26.1 Å². The van der Waals surface area contributed by atoms with Gasteiger partial charge in [-0.2, -0.15) is 0 Å². The molecule has 0 aliphatic heterocycles. The number of rotatable bonds is 7. The molecule has 0 atom stereocenters. The first-order chi connectivity index (χ1) is 8.15. The maximum atomic E-state index is 10.7. The Morgan fingerprint density at radius 3 is 2.35 bits per heavy atom. The monoisotopic (exact) mass is 238 g/mol. The Morgan fingerprint density at radius 1 is 1.29 bits per heavy atom. The van der Waals surface area contributed by atoms with E-state index in [-0.39, 0.29) is 18.6 Å². The molecule has 5 heteroatoms. The van der Waals surface area contributed by atoms with E-state index in [1.54, 1.807) is 14.2 Å². The predicted octanol–water partition coefficient (Wildman–Crippen LogP) is 0.745. The zero-order valence-corrected chi connectivity index (χ0v) is 10.1. The third-order valence-electron chi connectivity index (χ3n) is 2.33. The van der Waals surface area contributed by atoms with Crippen LogP contribution in [0.2, 0.25) is 0 Å². The SMILES string of the molecule is COC(CNc1ccc(CC(N)=O)cc1)OC. The van der Waals surface area contributed by atoms with Gasteiger partial charge >= 0.3 is 0 Å². The Hall–Kier alpha value is -1.59. The molecule has 0 fully saturated rings. The van der Waals surface area contributed by atoms with Crippen LogP contribution in [0.3, 0.4) is 0 Å². The second-order valence-corrected chi connectivity index (χ2v) is 3.62. The summed E-state index contributed by atoms with van der Waals surface area (Å²) in [6, 6.07) is 7.50. The quantitative estimate of drug-likeness (QED) is 0.687. The number of amides is 1. The molecule has 0 aliphatic carbocycles. The first kappa shape index (κ1) is 13.5. The first-order valence-corrected chi connectivity index (χ1v) is 5.32. The minimum Gasteiger partial charge on any atom is -0.380 e. The topological polar surface area (TPSA) is 73.6 Å². The number of primary amides is 1. The number of methoxy groups -OCH3 is 2. The Balaban J connectivity index is 2.47. The van der Waals surface area contributed by atoms with Gasteiger partial charge in [0, 0.05) is 19.9 Å². The van der Waals surface area contributed by atoms with E-state index in [4.69, 9.17) is 15.2 Å². The van der Waals surface area contributed by atoms with Gasteiger partial charge in [0.05, 0.1) is 13.0 Å². The molecule has 1 amide bonds. The van der Waals surface area contributed by atoms with Gasteiger partial charge in [-0.1, -0.05) is 12.1 Å². The normalized spacial score (nSPS) is 10.5. The van der Waals surface area contributed by atoms with E-state index in [2.05, 4.69) is 5.32 Å². The van der Waals surface area contributed by atoms with Crippen LogP contribution in [0.4, 0.5) is 5.69 Å². The molecule has 94 valence electrons. The van der Waals surface area contributed by atoms with Crippen molar-refractivity contribution >= 4 is 11.6 Å². The van der Waals surface area contributed by atoms with Crippen LogP contribution in [0.15, 0.2) is 24.3 Å². The fraction of sp³-hybridized carbons (Fsp3) is 0.417. The second kappa shape index (κ2) is 6.88. The second-order valence-electron chi connectivity index (χ2n) is 3.62. The van der Waals surface area contributed by atoms with Gasteiger partial charge in [-0.25, -0.2) is 0 Å². The average molecular weight is 238 g/mol. The number of anilines is 1. The fourth-order valence-electron chi connectivity index (χ4n) is 1.41. The maximum absolute atomic E-state index is 10.7. The smallest absolute Gasteiger partial charge is 0.221 e. The van der Waals surface area contributed by atoms with Crippen molar-refractivity contribution in [3.63, 3.8) is 0 Å². The van der Waals surface area contributed by atoms with Crippen LogP contribution >= 0.6 is 0 Å². The summed E-state index contributed by atoms with van der Waals surface area (Å²) >= 11 is 0. The van der Waals surface area contributed by atoms with Gasteiger partial charge in [0.15, 0.2) is 6.29 Å². The van der Waals surface area contributed by atoms with Crippen LogP contribution in [0, 0.1) is 0 Å². The van der Waals surface area contributed by atoms with Gasteiger partial charge in [0.1, 0.15) is 0 Å². The fourth-order valence-corrected chi connectivity index (χ4v) is 1.41. The number of hydrogen-bond donors (Lipinski definition) is 2. The zero-order valence-electron chi connectivity index (χ0n) is 10.1. The highest BCUT2D eigenvalue weighted by Gasteiger charge is 2.04. The summed E-state index contributed by atoms with van der Waals surface area (Å²) in [6.45, 7) is 0.558. The molecule has 0 spiro atoms. The van der Waals surface area contributed by atoms with Crippen molar-refractivity contribution in [3.8, 4) is 0 Å². The molecule has 17 heavy (non-hydrogen) atoms. The number of ether oxygens (including phenoxy) is 2. The summed E-state index contributed by atoms with van der Waals surface area (Å²) in [5.74, 6) is -0.329. The Morgan fingerprint density at radius 2 is 1.88 bits per heavy atom. The highest BCUT2D eigenvalue weighted by Crippen LogP contribution is 2.10. The third-order valence-corrected chi connectivity index (χ3v) is 2.33. The lowest BCUT2D eigenvalue weighted by Gasteiger charge is -2.15. The van der Waals surface area contributed by atoms with Crippen LogP contribution < -0.4 is 11.1 Å². The van der Waals surface area contributed by atoms with Crippen molar-refractivity contribution < 1.29 is 14.3 Å². The first-order valence-electron chi connectivity index (χ1n) is 5.32. The molecule has 1 aromatic carbocycles. The molecule has 0 radical (unpaired) electrons. The number of nitrogens with two attached hydrogens (primary N) is 1. The number of carbonyl (C=O) groups excluding carboxylic acids is 1. The van der Waals surface area contributed by atoms with Crippen LogP contribution in [-0.2, 0) is 20.7 Å². The third kappa shape index (κ3) is 4.84. The highest BCUT2D eigenvalue weighted by molar-refractivity contribution is 5.76. The maximum Gasteiger partial charge on any atom is 0.221 e. The van der Waals surface area contributed by atoms with Crippen molar-refractivity contribution in [1.82, 2.24) is 0 Å². The van der Waals surface area contributed by atoms with Crippen molar-refractivity contribution in [2.45, 2.75) is 12.7 Å². The van der Waals surface area contributed by atoms with E-state index in [0.29, 0.717) is 6.54 Å². The number of hydrogen-bond acceptors (Lipinski definition) is 4. The number of nitrogens with one attached hydrogen (secondary N) is 1. The van der Waals surface area contributed by atoms with Crippen molar-refractivity contribution in [3.05, 3.63) is 29.8 Å². The largest absolute Gasteiger partial charge is 0.380 e. The predicted molar refractivity (Wildman–Crippen MR) is 65.6 cm³/mol. The Bertz CT molecular complexity index is 347. The van der Waals surface area contributed by atoms with E-state index < -0.39 is 0 Å². The van der Waals surface area contributed by atoms with Crippen LogP contribution in [0.25, 0.3) is 0 Å². The van der Waals surface area contributed by atoms with Gasteiger partial charge < -0.3 is 20.5 Å². The van der Waals surface area contributed by atoms with Gasteiger partial charge in [0.25, 0.3) is 0 Å². The molecular formula is C12H18N2O3. The van der Waals surface area contributed by atoms with E-state index in [9.17, 15) is 4.79 Å². The summed E-state index contributed by atoms with van der Waals surface area (Å²) in [5, 5.41) is 3.16. The van der Waals surface area contributed by atoms with Gasteiger partial charge in [-0.3, -0.25) is 4.79 Å². The summed E-state index contributed by atoms with van der Waals surface area (Å²) < 4.78 is 10.1. The molecule has 5 nitrogen and oxygen atoms in total. The van der Waals surface area contributed by atoms with Crippen LogP contribution in [-0.4, -0.2) is 33.0 Å². The standard InChI is InChI=1S/C12H18N2O3/c1-16-12(17-2)8-14-10-5-3-9(4-6-10)7-11(13)15/h3-6,12,14H,7-8H2,1-2H3,(H2,13,15). The average Bonchev–Trinajstić information content (AvgIpc) is 2.32. The minimum absolute atomic E-state index is 0.263. The van der Waals surface area contributed by atoms with Crippen LogP contribution in [0.5, 0.6) is 0 Å². The zero-order chi connectivity index (χ0) is 12.7. The van der Waals surface area contributed by atoms with E-state index in [1.165, 1.54) is 0 Å². The van der Waals surface area contributed by atoms with Crippen molar-refractivity contribution in [1.29, 1.82) is 0 Å². The summed E-state index contributed by atoms with van der Waals surface area (Å²) in [4.78, 5) is 10.7. The molecule has 1 rings (SSSR count). The summed E-state index contributed by atoms with van der Waals surface area (Å²) in [5.41, 5.74) is 6.95. The summed E-state index contributed by atoms with van der Waals surface area (Å²) in [6.07, 6.45) is -0.0146.